The van der Waals surface area contributed by atoms with Gasteiger partial charge in [0.25, 0.3) is 5.91 Å². The predicted octanol–water partition coefficient (Wildman–Crippen LogP) is 2.59. The Morgan fingerprint density at radius 3 is 2.72 bits per heavy atom. The Morgan fingerprint density at radius 2 is 2.03 bits per heavy atom. The van der Waals surface area contributed by atoms with Crippen LogP contribution in [0.15, 0.2) is 30.6 Å². The zero-order chi connectivity index (χ0) is 20.5. The Hall–Kier alpha value is -2.42. The van der Waals surface area contributed by atoms with Gasteiger partial charge in [0.05, 0.1) is 22.9 Å². The average molecular weight is 417 g/mol. The molecule has 0 spiro atoms. The molecule has 1 amide bonds. The van der Waals surface area contributed by atoms with E-state index >= 15 is 0 Å². The number of nitrogens with zero attached hydrogens (tertiary/aromatic N) is 5. The van der Waals surface area contributed by atoms with Gasteiger partial charge in [-0.05, 0) is 39.1 Å². The fourth-order valence-electron chi connectivity index (χ4n) is 3.86. The first-order valence-electron chi connectivity index (χ1n) is 9.68. The Balaban J connectivity index is 1.67. The van der Waals surface area contributed by atoms with Crippen LogP contribution in [-0.4, -0.2) is 67.6 Å². The third-order valence-corrected chi connectivity index (χ3v) is 5.23. The van der Waals surface area contributed by atoms with Gasteiger partial charge in [0.1, 0.15) is 5.65 Å². The molecule has 1 aliphatic heterocycles. The Kier molecular flexibility index (Phi) is 5.58. The van der Waals surface area contributed by atoms with Gasteiger partial charge in [-0.3, -0.25) is 14.8 Å². The highest BCUT2D eigenvalue weighted by Crippen LogP contribution is 2.22. The molecule has 8 nitrogen and oxygen atoms in total. The van der Waals surface area contributed by atoms with Gasteiger partial charge in [-0.2, -0.15) is 5.10 Å². The number of ether oxygens (including phenoxy) is 1. The van der Waals surface area contributed by atoms with Gasteiger partial charge in [-0.1, -0.05) is 11.6 Å². The van der Waals surface area contributed by atoms with Crippen molar-refractivity contribution >= 4 is 23.2 Å². The van der Waals surface area contributed by atoms with E-state index in [0.29, 0.717) is 42.5 Å². The van der Waals surface area contributed by atoms with Crippen LogP contribution in [0.2, 0.25) is 5.02 Å². The number of aromatic amines is 1. The van der Waals surface area contributed by atoms with E-state index in [2.05, 4.69) is 20.1 Å². The van der Waals surface area contributed by atoms with E-state index in [1.165, 1.54) is 0 Å². The van der Waals surface area contributed by atoms with Crippen molar-refractivity contribution in [3.8, 4) is 0 Å². The number of hydrogen-bond acceptors (Lipinski definition) is 5. The third-order valence-electron chi connectivity index (χ3n) is 5.01. The number of hydrogen-bond donors (Lipinski definition) is 1. The molecule has 1 N–H and O–H groups in total. The highest BCUT2D eigenvalue weighted by Gasteiger charge is 2.30. The molecule has 4 heterocycles. The van der Waals surface area contributed by atoms with Crippen molar-refractivity contribution in [1.29, 1.82) is 0 Å². The summed E-state index contributed by atoms with van der Waals surface area (Å²) in [7, 11) is 2.00. The number of pyridine rings is 1. The van der Waals surface area contributed by atoms with Crippen LogP contribution >= 0.6 is 11.6 Å². The third kappa shape index (κ3) is 4.29. The minimum Gasteiger partial charge on any atom is -0.372 e. The summed E-state index contributed by atoms with van der Waals surface area (Å²) >= 11 is 6.23. The molecule has 1 fully saturated rings. The molecule has 0 aliphatic carbocycles. The zero-order valence-corrected chi connectivity index (χ0v) is 17.6. The highest BCUT2D eigenvalue weighted by atomic mass is 35.5. The molecular formula is C20H25ClN6O2. The van der Waals surface area contributed by atoms with Crippen molar-refractivity contribution in [3.63, 3.8) is 0 Å². The summed E-state index contributed by atoms with van der Waals surface area (Å²) in [4.78, 5) is 22.0. The van der Waals surface area contributed by atoms with Crippen molar-refractivity contribution in [2.45, 2.75) is 39.1 Å². The molecule has 0 bridgehead atoms. The van der Waals surface area contributed by atoms with E-state index in [0.717, 1.165) is 11.4 Å². The molecule has 154 valence electrons. The molecule has 2 atom stereocenters. The average Bonchev–Trinajstić information content (AvgIpc) is 3.28. The first kappa shape index (κ1) is 19.9. The largest absolute Gasteiger partial charge is 0.372 e. The maximum Gasteiger partial charge on any atom is 0.274 e. The number of aromatic nitrogens is 4. The lowest BCUT2D eigenvalue weighted by molar-refractivity contribution is -0.0587. The minimum atomic E-state index is -0.0724. The lowest BCUT2D eigenvalue weighted by Gasteiger charge is -2.35. The van der Waals surface area contributed by atoms with E-state index in [9.17, 15) is 4.79 Å². The van der Waals surface area contributed by atoms with Gasteiger partial charge in [-0.25, -0.2) is 4.98 Å². The van der Waals surface area contributed by atoms with Gasteiger partial charge in [0.15, 0.2) is 5.69 Å². The summed E-state index contributed by atoms with van der Waals surface area (Å²) in [6.07, 6.45) is 3.54. The topological polar surface area (TPSA) is 78.8 Å². The second-order valence-corrected chi connectivity index (χ2v) is 8.14. The molecule has 1 aliphatic rings. The molecule has 0 radical (unpaired) electrons. The van der Waals surface area contributed by atoms with Crippen LogP contribution < -0.4 is 0 Å². The number of morpholine rings is 1. The van der Waals surface area contributed by atoms with E-state index in [4.69, 9.17) is 16.3 Å². The zero-order valence-electron chi connectivity index (χ0n) is 16.8. The minimum absolute atomic E-state index is 0.000627. The maximum atomic E-state index is 13.4. The Bertz CT molecular complexity index is 992. The fourth-order valence-corrected chi connectivity index (χ4v) is 4.02. The number of carbonyl (C=O) groups excluding carboxylic acids is 1. The summed E-state index contributed by atoms with van der Waals surface area (Å²) in [6, 6.07) is 5.56. The molecule has 0 unspecified atom stereocenters. The standard InChI is InChI=1S/C20H25ClN6O2/c1-13-8-26(9-14(2)29-13)20(28)19-17(12-25(3)11-16-6-7-22-24-16)27-10-15(21)4-5-18(27)23-19/h4-7,10,13-14H,8-9,11-12H2,1-3H3,(H,22,24)/t13-,14+. The molecule has 29 heavy (non-hydrogen) atoms. The number of halogens is 1. The van der Waals surface area contributed by atoms with E-state index in [1.807, 2.05) is 48.5 Å². The van der Waals surface area contributed by atoms with Gasteiger partial charge < -0.3 is 14.0 Å². The first-order valence-corrected chi connectivity index (χ1v) is 10.1. The number of fused-ring (bicyclic) bond motifs is 1. The maximum absolute atomic E-state index is 13.4. The van der Waals surface area contributed by atoms with Crippen molar-refractivity contribution in [2.75, 3.05) is 20.1 Å². The Labute approximate surface area is 174 Å². The SMILES string of the molecule is C[C@@H]1CN(C(=O)c2nc3ccc(Cl)cn3c2CN(C)Cc2ccn[nH]2)C[C@H](C)O1. The summed E-state index contributed by atoms with van der Waals surface area (Å²) < 4.78 is 7.69. The second kappa shape index (κ2) is 8.14. The second-order valence-electron chi connectivity index (χ2n) is 7.70. The van der Waals surface area contributed by atoms with E-state index < -0.39 is 0 Å². The van der Waals surface area contributed by atoms with Crippen LogP contribution in [0.1, 0.15) is 35.7 Å². The van der Waals surface area contributed by atoms with Gasteiger partial charge in [0, 0.05) is 44.3 Å². The molecule has 0 saturated carbocycles. The van der Waals surface area contributed by atoms with Crippen LogP contribution in [0.25, 0.3) is 5.65 Å². The monoisotopic (exact) mass is 416 g/mol. The smallest absolute Gasteiger partial charge is 0.274 e. The number of H-pyrrole nitrogens is 1. The van der Waals surface area contributed by atoms with Crippen LogP contribution in [0.5, 0.6) is 0 Å². The van der Waals surface area contributed by atoms with Crippen molar-refractivity contribution in [3.05, 3.63) is 52.7 Å². The first-order chi connectivity index (χ1) is 13.9. The lowest BCUT2D eigenvalue weighted by atomic mass is 10.2. The molecule has 0 aromatic carbocycles. The number of amides is 1. The molecule has 1 saturated heterocycles. The van der Waals surface area contributed by atoms with Crippen molar-refractivity contribution in [1.82, 2.24) is 29.4 Å². The van der Waals surface area contributed by atoms with Gasteiger partial charge >= 0.3 is 0 Å². The number of nitrogens with one attached hydrogen (secondary N) is 1. The summed E-state index contributed by atoms with van der Waals surface area (Å²) in [5.41, 5.74) is 2.99. The number of rotatable bonds is 5. The summed E-state index contributed by atoms with van der Waals surface area (Å²) in [5.74, 6) is -0.0724. The van der Waals surface area contributed by atoms with Crippen LogP contribution in [0.3, 0.4) is 0 Å². The molecule has 9 heteroatoms. The Morgan fingerprint density at radius 1 is 1.28 bits per heavy atom. The summed E-state index contributed by atoms with van der Waals surface area (Å²) in [5, 5.41) is 7.56. The van der Waals surface area contributed by atoms with Gasteiger partial charge in [-0.15, -0.1) is 0 Å². The number of imidazole rings is 1. The fraction of sp³-hybridized carbons (Fsp3) is 0.450. The van der Waals surface area contributed by atoms with Crippen LogP contribution in [0, 0.1) is 0 Å². The van der Waals surface area contributed by atoms with Crippen LogP contribution in [-0.2, 0) is 17.8 Å². The molecular weight excluding hydrogens is 392 g/mol. The highest BCUT2D eigenvalue weighted by molar-refractivity contribution is 6.30. The molecule has 3 aromatic heterocycles. The molecule has 4 rings (SSSR count). The predicted molar refractivity (Wildman–Crippen MR) is 110 cm³/mol. The van der Waals surface area contributed by atoms with Crippen LogP contribution in [0.4, 0.5) is 0 Å². The summed E-state index contributed by atoms with van der Waals surface area (Å²) in [6.45, 7) is 6.30. The quantitative estimate of drug-likeness (QED) is 0.691. The lowest BCUT2D eigenvalue weighted by Crippen LogP contribution is -2.48. The van der Waals surface area contributed by atoms with Gasteiger partial charge in [0.2, 0.25) is 0 Å². The van der Waals surface area contributed by atoms with Crippen molar-refractivity contribution in [2.24, 2.45) is 0 Å². The normalized spacial score (nSPS) is 20.0. The van der Waals surface area contributed by atoms with E-state index in [-0.39, 0.29) is 18.1 Å². The van der Waals surface area contributed by atoms with E-state index in [1.54, 1.807) is 12.3 Å². The number of carbonyl (C=O) groups is 1. The molecule has 3 aromatic rings. The van der Waals surface area contributed by atoms with Crippen molar-refractivity contribution < 1.29 is 9.53 Å².